The highest BCUT2D eigenvalue weighted by Gasteiger charge is 2.25. The van der Waals surface area contributed by atoms with E-state index in [4.69, 9.17) is 27.9 Å². The molecule has 1 aromatic carbocycles. The van der Waals surface area contributed by atoms with E-state index in [0.29, 0.717) is 36.2 Å². The van der Waals surface area contributed by atoms with Gasteiger partial charge < -0.3 is 14.5 Å². The van der Waals surface area contributed by atoms with E-state index in [1.54, 1.807) is 24.5 Å². The maximum absolute atomic E-state index is 12.7. The molecular formula is C21H25Cl2N5O2. The van der Waals surface area contributed by atoms with Crippen molar-refractivity contribution in [2.75, 3.05) is 57.3 Å². The third kappa shape index (κ3) is 5.21. The molecule has 0 spiro atoms. The highest BCUT2D eigenvalue weighted by atomic mass is 35.5. The summed E-state index contributed by atoms with van der Waals surface area (Å²) in [4.78, 5) is 27.6. The van der Waals surface area contributed by atoms with E-state index in [9.17, 15) is 4.79 Å². The second-order valence-corrected chi connectivity index (χ2v) is 8.31. The van der Waals surface area contributed by atoms with E-state index in [1.165, 1.54) is 0 Å². The molecule has 0 N–H and O–H groups in total. The molecule has 1 unspecified atom stereocenters. The maximum atomic E-state index is 12.7. The van der Waals surface area contributed by atoms with Gasteiger partial charge in [0.2, 0.25) is 11.9 Å². The van der Waals surface area contributed by atoms with E-state index in [1.807, 2.05) is 17.0 Å². The minimum atomic E-state index is -0.0574. The topological polar surface area (TPSA) is 61.8 Å². The molecule has 0 saturated carbocycles. The third-order valence-electron chi connectivity index (χ3n) is 5.58. The van der Waals surface area contributed by atoms with Gasteiger partial charge in [0, 0.05) is 64.6 Å². The minimum Gasteiger partial charge on any atom is -0.371 e. The molecule has 2 saturated heterocycles. The molecule has 1 aromatic heterocycles. The number of hydrogen-bond acceptors (Lipinski definition) is 6. The number of rotatable bonds is 5. The van der Waals surface area contributed by atoms with Gasteiger partial charge >= 0.3 is 0 Å². The highest BCUT2D eigenvalue weighted by Crippen LogP contribution is 2.29. The normalized spacial score (nSPS) is 20.4. The molecular weight excluding hydrogens is 425 g/mol. The van der Waals surface area contributed by atoms with Crippen LogP contribution in [0.2, 0.25) is 10.0 Å². The van der Waals surface area contributed by atoms with Crippen LogP contribution in [-0.2, 0) is 9.53 Å². The van der Waals surface area contributed by atoms with Crippen molar-refractivity contribution in [2.45, 2.75) is 12.5 Å². The second-order valence-electron chi connectivity index (χ2n) is 7.50. The Kier molecular flexibility index (Phi) is 7.04. The van der Waals surface area contributed by atoms with Crippen molar-refractivity contribution in [1.82, 2.24) is 19.8 Å². The number of morpholine rings is 1. The monoisotopic (exact) mass is 449 g/mol. The first kappa shape index (κ1) is 21.3. The molecule has 2 fully saturated rings. The summed E-state index contributed by atoms with van der Waals surface area (Å²) in [7, 11) is 0. The first-order valence-electron chi connectivity index (χ1n) is 10.2. The summed E-state index contributed by atoms with van der Waals surface area (Å²) >= 11 is 12.2. The molecule has 3 heterocycles. The lowest BCUT2D eigenvalue weighted by Crippen LogP contribution is -2.50. The van der Waals surface area contributed by atoms with Crippen molar-refractivity contribution in [1.29, 1.82) is 0 Å². The Morgan fingerprint density at radius 3 is 2.57 bits per heavy atom. The Morgan fingerprint density at radius 1 is 1.07 bits per heavy atom. The quantitative estimate of drug-likeness (QED) is 0.699. The minimum absolute atomic E-state index is 0.0574. The van der Waals surface area contributed by atoms with Crippen molar-refractivity contribution < 1.29 is 9.53 Å². The maximum Gasteiger partial charge on any atom is 0.225 e. The largest absolute Gasteiger partial charge is 0.371 e. The number of ether oxygens (including phenoxy) is 1. The van der Waals surface area contributed by atoms with Crippen molar-refractivity contribution in [2.24, 2.45) is 0 Å². The standard InChI is InChI=1S/C21H25Cl2N5O2/c22-17-3-2-16(14-18(17)23)19-15-26(12-13-30-19)7-4-20(29)27-8-10-28(11-9-27)21-24-5-1-6-25-21/h1-3,5-6,14,19H,4,7-13,15H2. The van der Waals surface area contributed by atoms with Crippen LogP contribution in [0, 0.1) is 0 Å². The Hall–Kier alpha value is -1.93. The fraction of sp³-hybridized carbons (Fsp3) is 0.476. The Bertz CT molecular complexity index is 862. The fourth-order valence-electron chi connectivity index (χ4n) is 3.84. The van der Waals surface area contributed by atoms with E-state index in [-0.39, 0.29) is 12.0 Å². The summed E-state index contributed by atoms with van der Waals surface area (Å²) in [6, 6.07) is 7.41. The molecule has 1 atom stereocenters. The highest BCUT2D eigenvalue weighted by molar-refractivity contribution is 6.42. The molecule has 0 aliphatic carbocycles. The summed E-state index contributed by atoms with van der Waals surface area (Å²) in [6.07, 6.45) is 3.94. The number of carbonyl (C=O) groups is 1. The molecule has 7 nitrogen and oxygen atoms in total. The van der Waals surface area contributed by atoms with Crippen LogP contribution in [-0.4, -0.2) is 78.1 Å². The average Bonchev–Trinajstić information content (AvgIpc) is 2.80. The number of benzene rings is 1. The SMILES string of the molecule is O=C(CCN1CCOC(c2ccc(Cl)c(Cl)c2)C1)N1CCN(c2ncccn2)CC1. The Balaban J connectivity index is 1.24. The van der Waals surface area contributed by atoms with Gasteiger partial charge in [-0.15, -0.1) is 0 Å². The van der Waals surface area contributed by atoms with Crippen molar-refractivity contribution >= 4 is 35.1 Å². The van der Waals surface area contributed by atoms with Gasteiger partial charge in [-0.3, -0.25) is 9.69 Å². The number of hydrogen-bond donors (Lipinski definition) is 0. The zero-order valence-corrected chi connectivity index (χ0v) is 18.2. The molecule has 9 heteroatoms. The summed E-state index contributed by atoms with van der Waals surface area (Å²) < 4.78 is 5.91. The lowest BCUT2D eigenvalue weighted by molar-refractivity contribution is -0.132. The van der Waals surface area contributed by atoms with Crippen molar-refractivity contribution in [3.8, 4) is 0 Å². The first-order valence-corrected chi connectivity index (χ1v) is 10.9. The van der Waals surface area contributed by atoms with Crippen LogP contribution in [0.3, 0.4) is 0 Å². The van der Waals surface area contributed by atoms with Crippen LogP contribution in [0.1, 0.15) is 18.1 Å². The molecule has 0 bridgehead atoms. The number of nitrogens with zero attached hydrogens (tertiary/aromatic N) is 5. The summed E-state index contributed by atoms with van der Waals surface area (Å²) in [5.74, 6) is 0.924. The number of anilines is 1. The predicted octanol–water partition coefficient (Wildman–Crippen LogP) is 2.90. The number of carbonyl (C=O) groups excluding carboxylic acids is 1. The molecule has 30 heavy (non-hydrogen) atoms. The summed E-state index contributed by atoms with van der Waals surface area (Å²) in [5, 5.41) is 1.07. The van der Waals surface area contributed by atoms with Gasteiger partial charge in [-0.25, -0.2) is 9.97 Å². The lowest BCUT2D eigenvalue weighted by Gasteiger charge is -2.36. The molecule has 0 radical (unpaired) electrons. The molecule has 2 aliphatic rings. The fourth-order valence-corrected chi connectivity index (χ4v) is 4.15. The van der Waals surface area contributed by atoms with E-state index >= 15 is 0 Å². The van der Waals surface area contributed by atoms with Crippen LogP contribution < -0.4 is 4.90 Å². The van der Waals surface area contributed by atoms with Crippen LogP contribution in [0.15, 0.2) is 36.7 Å². The van der Waals surface area contributed by atoms with Gasteiger partial charge in [0.25, 0.3) is 0 Å². The lowest BCUT2D eigenvalue weighted by atomic mass is 10.1. The van der Waals surface area contributed by atoms with Gasteiger partial charge in [-0.05, 0) is 23.8 Å². The smallest absolute Gasteiger partial charge is 0.225 e. The summed E-state index contributed by atoms with van der Waals surface area (Å²) in [5.41, 5.74) is 1.01. The molecule has 160 valence electrons. The van der Waals surface area contributed by atoms with Crippen LogP contribution >= 0.6 is 23.2 Å². The molecule has 4 rings (SSSR count). The van der Waals surface area contributed by atoms with E-state index in [0.717, 1.165) is 44.2 Å². The Morgan fingerprint density at radius 2 is 1.83 bits per heavy atom. The van der Waals surface area contributed by atoms with Crippen LogP contribution in [0.25, 0.3) is 0 Å². The third-order valence-corrected chi connectivity index (χ3v) is 6.31. The van der Waals surface area contributed by atoms with Crippen LogP contribution in [0.4, 0.5) is 5.95 Å². The van der Waals surface area contributed by atoms with Crippen molar-refractivity contribution in [3.05, 3.63) is 52.3 Å². The number of piperazine rings is 1. The zero-order chi connectivity index (χ0) is 20.9. The van der Waals surface area contributed by atoms with Gasteiger partial charge in [-0.2, -0.15) is 0 Å². The number of aromatic nitrogens is 2. The van der Waals surface area contributed by atoms with Gasteiger partial charge in [-0.1, -0.05) is 29.3 Å². The summed E-state index contributed by atoms with van der Waals surface area (Å²) in [6.45, 7) is 5.84. The molecule has 1 amide bonds. The van der Waals surface area contributed by atoms with E-state index in [2.05, 4.69) is 19.8 Å². The Labute approximate surface area is 186 Å². The van der Waals surface area contributed by atoms with Gasteiger partial charge in [0.05, 0.1) is 22.8 Å². The first-order chi connectivity index (χ1) is 14.6. The molecule has 2 aliphatic heterocycles. The molecule has 2 aromatic rings. The van der Waals surface area contributed by atoms with E-state index < -0.39 is 0 Å². The van der Waals surface area contributed by atoms with Gasteiger partial charge in [0.1, 0.15) is 0 Å². The predicted molar refractivity (Wildman–Crippen MR) is 117 cm³/mol. The average molecular weight is 450 g/mol. The zero-order valence-electron chi connectivity index (χ0n) is 16.7. The number of halogens is 2. The number of amides is 1. The van der Waals surface area contributed by atoms with Crippen molar-refractivity contribution in [3.63, 3.8) is 0 Å². The van der Waals surface area contributed by atoms with Crippen LogP contribution in [0.5, 0.6) is 0 Å². The second kappa shape index (κ2) is 9.92. The van der Waals surface area contributed by atoms with Gasteiger partial charge in [0.15, 0.2) is 0 Å².